The molecule has 0 bridgehead atoms. The van der Waals surface area contributed by atoms with Crippen LogP contribution in [0, 0.1) is 33.1 Å². The van der Waals surface area contributed by atoms with Crippen LogP contribution in [0.4, 0.5) is 0 Å². The van der Waals surface area contributed by atoms with Crippen molar-refractivity contribution in [3.05, 3.63) is 93.8 Å². The van der Waals surface area contributed by atoms with Gasteiger partial charge in [-0.3, -0.25) is 10.2 Å². The zero-order chi connectivity index (χ0) is 23.3. The number of hydrogen-bond donors (Lipinski definition) is 1. The molecule has 2 aliphatic rings. The van der Waals surface area contributed by atoms with Crippen molar-refractivity contribution >= 4 is 39.8 Å². The predicted molar refractivity (Wildman–Crippen MR) is 135 cm³/mol. The van der Waals surface area contributed by atoms with Crippen molar-refractivity contribution in [1.82, 2.24) is 9.58 Å². The molecule has 5 rings (SSSR count). The lowest BCUT2D eigenvalue weighted by molar-refractivity contribution is -0.114. The van der Waals surface area contributed by atoms with Crippen LogP contribution in [-0.2, 0) is 4.79 Å². The molecule has 3 heterocycles. The van der Waals surface area contributed by atoms with Crippen molar-refractivity contribution in [3.63, 3.8) is 0 Å². The second-order valence-corrected chi connectivity index (χ2v) is 9.18. The van der Waals surface area contributed by atoms with Crippen LogP contribution >= 0.6 is 11.8 Å². The van der Waals surface area contributed by atoms with E-state index < -0.39 is 5.91 Å². The minimum Gasteiger partial charge on any atom is -0.318 e. The molecule has 2 aliphatic heterocycles. The Kier molecular flexibility index (Phi) is 5.13. The first kappa shape index (κ1) is 21.2. The number of nitrogens with zero attached hydrogens (tertiary/aromatic N) is 4. The number of amides is 1. The Balaban J connectivity index is 1.52. The molecular weight excluding hydrogens is 430 g/mol. The van der Waals surface area contributed by atoms with Crippen LogP contribution in [0.15, 0.2) is 70.3 Å². The average molecular weight is 454 g/mol. The summed E-state index contributed by atoms with van der Waals surface area (Å²) in [6.45, 7) is 8.27. The minimum absolute atomic E-state index is 0.0411. The predicted octanol–water partition coefficient (Wildman–Crippen LogP) is 5.38. The van der Waals surface area contributed by atoms with Gasteiger partial charge >= 0.3 is 0 Å². The minimum atomic E-state index is -0.417. The molecule has 0 fully saturated rings. The van der Waals surface area contributed by atoms with E-state index in [1.165, 1.54) is 27.9 Å². The van der Waals surface area contributed by atoms with Gasteiger partial charge in [-0.2, -0.15) is 15.1 Å². The zero-order valence-corrected chi connectivity index (χ0v) is 19.7. The number of nitrogens with one attached hydrogen (secondary N) is 1. The van der Waals surface area contributed by atoms with Crippen LogP contribution < -0.4 is 0 Å². The number of fused-ring (bicyclic) bond motifs is 1. The van der Waals surface area contributed by atoms with E-state index in [0.29, 0.717) is 5.17 Å². The molecule has 0 unspecified atom stereocenters. The lowest BCUT2D eigenvalue weighted by Crippen LogP contribution is -2.35. The second-order valence-electron chi connectivity index (χ2n) is 8.22. The smallest absolute Gasteiger partial charge is 0.283 e. The Labute approximate surface area is 196 Å². The van der Waals surface area contributed by atoms with Gasteiger partial charge in [0.25, 0.3) is 5.91 Å². The fourth-order valence-electron chi connectivity index (χ4n) is 4.04. The first-order chi connectivity index (χ1) is 15.8. The van der Waals surface area contributed by atoms with E-state index in [2.05, 4.69) is 46.7 Å². The SMILES string of the molecule is Cc1ccc(-n2c(C)cc(/C=C3/C(=N)N4N=C(c5ccccc5)SC4=NC3=O)c2C)cc1C. The van der Waals surface area contributed by atoms with Gasteiger partial charge in [-0.25, -0.2) is 0 Å². The van der Waals surface area contributed by atoms with Crippen LogP contribution in [0.2, 0.25) is 0 Å². The highest BCUT2D eigenvalue weighted by molar-refractivity contribution is 8.27. The third-order valence-electron chi connectivity index (χ3n) is 5.99. The summed E-state index contributed by atoms with van der Waals surface area (Å²) in [5.41, 5.74) is 7.67. The van der Waals surface area contributed by atoms with Crippen molar-refractivity contribution in [3.8, 4) is 5.69 Å². The molecule has 6 nitrogen and oxygen atoms in total. The number of hydrazone groups is 1. The molecule has 1 amide bonds. The third kappa shape index (κ3) is 3.64. The van der Waals surface area contributed by atoms with Crippen molar-refractivity contribution < 1.29 is 4.79 Å². The molecule has 0 radical (unpaired) electrons. The van der Waals surface area contributed by atoms with Crippen molar-refractivity contribution in [2.24, 2.45) is 10.1 Å². The van der Waals surface area contributed by atoms with Crippen molar-refractivity contribution in [1.29, 1.82) is 5.41 Å². The number of aryl methyl sites for hydroxylation is 3. The van der Waals surface area contributed by atoms with Crippen LogP contribution in [0.3, 0.4) is 0 Å². The van der Waals surface area contributed by atoms with E-state index in [9.17, 15) is 4.79 Å². The molecule has 1 N–H and O–H groups in total. The molecule has 0 saturated heterocycles. The molecule has 2 aromatic carbocycles. The highest BCUT2D eigenvalue weighted by Crippen LogP contribution is 2.32. The highest BCUT2D eigenvalue weighted by atomic mass is 32.2. The molecule has 0 atom stereocenters. The molecule has 1 aromatic heterocycles. The largest absolute Gasteiger partial charge is 0.318 e. The van der Waals surface area contributed by atoms with Crippen LogP contribution in [-0.4, -0.2) is 31.5 Å². The van der Waals surface area contributed by atoms with Gasteiger partial charge in [0.2, 0.25) is 5.17 Å². The number of rotatable bonds is 3. The lowest BCUT2D eigenvalue weighted by Gasteiger charge is -2.20. The van der Waals surface area contributed by atoms with E-state index in [-0.39, 0.29) is 11.4 Å². The molecule has 0 spiro atoms. The number of aromatic nitrogens is 1. The Morgan fingerprint density at radius 1 is 0.970 bits per heavy atom. The Bertz CT molecular complexity index is 1410. The number of hydrogen-bond acceptors (Lipinski definition) is 4. The zero-order valence-electron chi connectivity index (χ0n) is 18.9. The summed E-state index contributed by atoms with van der Waals surface area (Å²) in [5.74, 6) is -0.376. The van der Waals surface area contributed by atoms with Gasteiger partial charge < -0.3 is 4.57 Å². The van der Waals surface area contributed by atoms with E-state index >= 15 is 0 Å². The Morgan fingerprint density at radius 3 is 2.45 bits per heavy atom. The van der Waals surface area contributed by atoms with E-state index in [1.807, 2.05) is 50.2 Å². The van der Waals surface area contributed by atoms with Gasteiger partial charge in [-0.05, 0) is 80.4 Å². The molecule has 164 valence electrons. The maximum atomic E-state index is 12.9. The van der Waals surface area contributed by atoms with Gasteiger partial charge in [0.15, 0.2) is 5.84 Å². The average Bonchev–Trinajstić information content (AvgIpc) is 3.34. The third-order valence-corrected chi connectivity index (χ3v) is 6.95. The van der Waals surface area contributed by atoms with Gasteiger partial charge in [-0.15, -0.1) is 0 Å². The van der Waals surface area contributed by atoms with Crippen LogP contribution in [0.25, 0.3) is 11.8 Å². The Morgan fingerprint density at radius 2 is 1.73 bits per heavy atom. The molecular formula is C26H23N5OS. The van der Waals surface area contributed by atoms with Crippen LogP contribution in [0.5, 0.6) is 0 Å². The summed E-state index contributed by atoms with van der Waals surface area (Å²) in [7, 11) is 0. The molecule has 33 heavy (non-hydrogen) atoms. The van der Waals surface area contributed by atoms with Gasteiger partial charge in [-0.1, -0.05) is 36.4 Å². The van der Waals surface area contributed by atoms with Gasteiger partial charge in [0.1, 0.15) is 5.04 Å². The van der Waals surface area contributed by atoms with Gasteiger partial charge in [0, 0.05) is 22.6 Å². The number of aliphatic imine (C=N–C) groups is 1. The fraction of sp³-hybridized carbons (Fsp3) is 0.154. The number of benzene rings is 2. The number of thioether (sulfide) groups is 1. The Hall–Kier alpha value is -3.71. The maximum Gasteiger partial charge on any atom is 0.283 e. The standard InChI is InChI=1S/C26H23N5OS/c1-15-10-11-21(12-16(15)2)30-17(3)13-20(18(30)4)14-22-23(27)31-26(28-24(22)32)33-25(29-31)19-8-6-5-7-9-19/h5-14,27H,1-4H3/b22-14-,27-23?. The summed E-state index contributed by atoms with van der Waals surface area (Å²) < 4.78 is 2.17. The first-order valence-electron chi connectivity index (χ1n) is 10.7. The lowest BCUT2D eigenvalue weighted by atomic mass is 10.1. The fourth-order valence-corrected chi connectivity index (χ4v) is 4.94. The summed E-state index contributed by atoms with van der Waals surface area (Å²) in [6, 6.07) is 18.1. The number of amidine groups is 2. The number of carbonyl (C=O) groups excluding carboxylic acids is 1. The van der Waals surface area contributed by atoms with E-state index in [4.69, 9.17) is 5.41 Å². The maximum absolute atomic E-state index is 12.9. The second kappa shape index (κ2) is 8.01. The summed E-state index contributed by atoms with van der Waals surface area (Å²) >= 11 is 1.31. The number of carbonyl (C=O) groups is 1. The normalized spacial score (nSPS) is 16.8. The molecule has 0 aliphatic carbocycles. The summed E-state index contributed by atoms with van der Waals surface area (Å²) in [5, 5.41) is 15.8. The molecule has 0 saturated carbocycles. The summed E-state index contributed by atoms with van der Waals surface area (Å²) in [4.78, 5) is 17.1. The van der Waals surface area contributed by atoms with Gasteiger partial charge in [0.05, 0.1) is 5.57 Å². The summed E-state index contributed by atoms with van der Waals surface area (Å²) in [6.07, 6.45) is 1.76. The molecule has 3 aromatic rings. The first-order valence-corrected chi connectivity index (χ1v) is 11.5. The van der Waals surface area contributed by atoms with Crippen LogP contribution in [0.1, 0.15) is 33.6 Å². The topological polar surface area (TPSA) is 73.8 Å². The van der Waals surface area contributed by atoms with E-state index in [0.717, 1.165) is 33.2 Å². The van der Waals surface area contributed by atoms with E-state index in [1.54, 1.807) is 6.08 Å². The quantitative estimate of drug-likeness (QED) is 0.541. The highest BCUT2D eigenvalue weighted by Gasteiger charge is 2.36. The molecule has 7 heteroatoms. The monoisotopic (exact) mass is 453 g/mol. The van der Waals surface area contributed by atoms with Crippen molar-refractivity contribution in [2.75, 3.05) is 0 Å². The van der Waals surface area contributed by atoms with Crippen molar-refractivity contribution in [2.45, 2.75) is 27.7 Å².